The molecule has 0 aromatic heterocycles. The molecule has 1 heterocycles. The van der Waals surface area contributed by atoms with Gasteiger partial charge < -0.3 is 9.80 Å². The topological polar surface area (TPSA) is 23.6 Å². The number of hydrogen-bond donors (Lipinski definition) is 0. The van der Waals surface area contributed by atoms with Crippen LogP contribution in [0.4, 0.5) is 4.79 Å². The normalized spacial score (nSPS) is 19.3. The molecule has 104 valence electrons. The minimum Gasteiger partial charge on any atom is -0.324 e. The van der Waals surface area contributed by atoms with Crippen molar-refractivity contribution in [1.29, 1.82) is 0 Å². The maximum Gasteiger partial charge on any atom is 0.320 e. The van der Waals surface area contributed by atoms with Crippen molar-refractivity contribution >= 4 is 17.6 Å². The Morgan fingerprint density at radius 1 is 1.42 bits per heavy atom. The quantitative estimate of drug-likeness (QED) is 0.812. The van der Waals surface area contributed by atoms with Gasteiger partial charge in [-0.15, -0.1) is 0 Å². The lowest BCUT2D eigenvalue weighted by molar-refractivity contribution is 0.137. The molecule has 1 aromatic rings. The number of halogens is 1. The second-order valence-corrected chi connectivity index (χ2v) is 5.89. The number of urea groups is 1. The number of carbonyl (C=O) groups excluding carboxylic acids is 1. The summed E-state index contributed by atoms with van der Waals surface area (Å²) >= 11 is 5.86. The molecule has 2 amide bonds. The fourth-order valence-corrected chi connectivity index (χ4v) is 2.66. The maximum absolute atomic E-state index is 12.3. The van der Waals surface area contributed by atoms with Crippen LogP contribution < -0.4 is 0 Å². The minimum atomic E-state index is 0.126. The third-order valence-electron chi connectivity index (χ3n) is 3.59. The van der Waals surface area contributed by atoms with E-state index in [-0.39, 0.29) is 6.03 Å². The predicted molar refractivity (Wildman–Crippen MR) is 78.3 cm³/mol. The van der Waals surface area contributed by atoms with Crippen LogP contribution in [0.3, 0.4) is 0 Å². The molecule has 1 aliphatic heterocycles. The van der Waals surface area contributed by atoms with Gasteiger partial charge >= 0.3 is 6.03 Å². The van der Waals surface area contributed by atoms with Gasteiger partial charge in [0.2, 0.25) is 0 Å². The molecule has 1 unspecified atom stereocenters. The summed E-state index contributed by atoms with van der Waals surface area (Å²) in [6, 6.07) is 7.77. The summed E-state index contributed by atoms with van der Waals surface area (Å²) in [4.78, 5) is 16.1. The van der Waals surface area contributed by atoms with E-state index in [0.29, 0.717) is 12.5 Å². The van der Waals surface area contributed by atoms with E-state index in [2.05, 4.69) is 6.92 Å². The van der Waals surface area contributed by atoms with E-state index in [1.54, 1.807) is 4.90 Å². The second kappa shape index (κ2) is 6.29. The molecule has 4 heteroatoms. The summed E-state index contributed by atoms with van der Waals surface area (Å²) in [5, 5.41) is 0.725. The first-order chi connectivity index (χ1) is 9.06. The molecule has 0 aliphatic carbocycles. The molecule has 0 bridgehead atoms. The predicted octanol–water partition coefficient (Wildman–Crippen LogP) is 3.62. The lowest BCUT2D eigenvalue weighted by Gasteiger charge is -2.34. The zero-order valence-corrected chi connectivity index (χ0v) is 12.4. The van der Waals surface area contributed by atoms with Crippen molar-refractivity contribution in [2.45, 2.75) is 26.3 Å². The highest BCUT2D eigenvalue weighted by Gasteiger charge is 2.23. The molecule has 1 atom stereocenters. The molecule has 19 heavy (non-hydrogen) atoms. The zero-order chi connectivity index (χ0) is 13.8. The van der Waals surface area contributed by atoms with Crippen LogP contribution in [0.25, 0.3) is 0 Å². The molecular formula is C15H21ClN2O. The van der Waals surface area contributed by atoms with Crippen molar-refractivity contribution in [1.82, 2.24) is 9.80 Å². The Morgan fingerprint density at radius 2 is 2.11 bits per heavy atom. The van der Waals surface area contributed by atoms with Gasteiger partial charge in [-0.05, 0) is 36.5 Å². The summed E-state index contributed by atoms with van der Waals surface area (Å²) < 4.78 is 0. The molecule has 1 saturated heterocycles. The van der Waals surface area contributed by atoms with Gasteiger partial charge in [0.1, 0.15) is 0 Å². The standard InChI is InChI=1S/C15H21ClN2O/c1-12-4-3-9-18(10-12)15(19)17(2)11-13-5-7-14(16)8-6-13/h5-8,12H,3-4,9-11H2,1-2H3. The van der Waals surface area contributed by atoms with Crippen LogP contribution in [0.5, 0.6) is 0 Å². The number of rotatable bonds is 2. The Kier molecular flexibility index (Phi) is 4.70. The lowest BCUT2D eigenvalue weighted by Crippen LogP contribution is -2.45. The van der Waals surface area contributed by atoms with Gasteiger partial charge in [0.05, 0.1) is 0 Å². The van der Waals surface area contributed by atoms with Crippen LogP contribution in [-0.2, 0) is 6.54 Å². The van der Waals surface area contributed by atoms with Gasteiger partial charge in [0.25, 0.3) is 0 Å². The van der Waals surface area contributed by atoms with E-state index in [1.165, 1.54) is 6.42 Å². The Balaban J connectivity index is 1.93. The smallest absolute Gasteiger partial charge is 0.320 e. The summed E-state index contributed by atoms with van der Waals surface area (Å²) in [6.07, 6.45) is 2.34. The summed E-state index contributed by atoms with van der Waals surface area (Å²) in [5.74, 6) is 0.613. The molecule has 0 N–H and O–H groups in total. The van der Waals surface area contributed by atoms with Crippen molar-refractivity contribution in [2.75, 3.05) is 20.1 Å². The SMILES string of the molecule is CC1CCCN(C(=O)N(C)Cc2ccc(Cl)cc2)C1. The first-order valence-electron chi connectivity index (χ1n) is 6.80. The molecule has 1 fully saturated rings. The first-order valence-corrected chi connectivity index (χ1v) is 7.18. The van der Waals surface area contributed by atoms with Gasteiger partial charge in [-0.1, -0.05) is 30.7 Å². The lowest BCUT2D eigenvalue weighted by atomic mass is 10.0. The number of amides is 2. The van der Waals surface area contributed by atoms with E-state index in [4.69, 9.17) is 11.6 Å². The Bertz CT molecular complexity index is 432. The van der Waals surface area contributed by atoms with Crippen molar-refractivity contribution < 1.29 is 4.79 Å². The first kappa shape index (κ1) is 14.2. The molecule has 3 nitrogen and oxygen atoms in total. The Hall–Kier alpha value is -1.22. The molecule has 0 spiro atoms. The summed E-state index contributed by atoms with van der Waals surface area (Å²) in [5.41, 5.74) is 1.10. The average Bonchev–Trinajstić information content (AvgIpc) is 2.40. The van der Waals surface area contributed by atoms with Crippen LogP contribution in [0.15, 0.2) is 24.3 Å². The van der Waals surface area contributed by atoms with Gasteiger partial charge in [-0.2, -0.15) is 0 Å². The van der Waals surface area contributed by atoms with E-state index >= 15 is 0 Å². The zero-order valence-electron chi connectivity index (χ0n) is 11.6. The maximum atomic E-state index is 12.3. The largest absolute Gasteiger partial charge is 0.324 e. The average molecular weight is 281 g/mol. The molecular weight excluding hydrogens is 260 g/mol. The molecule has 1 aliphatic rings. The molecule has 2 rings (SSSR count). The Labute approximate surface area is 120 Å². The van der Waals surface area contributed by atoms with Crippen LogP contribution in [0.1, 0.15) is 25.3 Å². The monoisotopic (exact) mass is 280 g/mol. The highest BCUT2D eigenvalue weighted by Crippen LogP contribution is 2.17. The summed E-state index contributed by atoms with van der Waals surface area (Å²) in [6.45, 7) is 4.59. The highest BCUT2D eigenvalue weighted by atomic mass is 35.5. The van der Waals surface area contributed by atoms with E-state index in [1.807, 2.05) is 36.2 Å². The third-order valence-corrected chi connectivity index (χ3v) is 3.84. The number of piperidine rings is 1. The van der Waals surface area contributed by atoms with E-state index in [9.17, 15) is 4.79 Å². The fraction of sp³-hybridized carbons (Fsp3) is 0.533. The molecule has 0 radical (unpaired) electrons. The van der Waals surface area contributed by atoms with Gasteiger partial charge in [-0.25, -0.2) is 4.79 Å². The van der Waals surface area contributed by atoms with Crippen LogP contribution in [0.2, 0.25) is 5.02 Å². The number of carbonyl (C=O) groups is 1. The van der Waals surface area contributed by atoms with Crippen molar-refractivity contribution in [3.05, 3.63) is 34.9 Å². The van der Waals surface area contributed by atoms with Gasteiger partial charge in [0.15, 0.2) is 0 Å². The number of likely N-dealkylation sites (tertiary alicyclic amines) is 1. The van der Waals surface area contributed by atoms with Crippen LogP contribution in [-0.4, -0.2) is 36.0 Å². The van der Waals surface area contributed by atoms with Gasteiger partial charge in [-0.3, -0.25) is 0 Å². The van der Waals surface area contributed by atoms with Crippen LogP contribution in [0, 0.1) is 5.92 Å². The molecule has 1 aromatic carbocycles. The fourth-order valence-electron chi connectivity index (χ4n) is 2.54. The Morgan fingerprint density at radius 3 is 2.74 bits per heavy atom. The number of nitrogens with zero attached hydrogens (tertiary/aromatic N) is 2. The minimum absolute atomic E-state index is 0.126. The summed E-state index contributed by atoms with van der Waals surface area (Å²) in [7, 11) is 1.86. The molecule has 0 saturated carbocycles. The third kappa shape index (κ3) is 3.87. The van der Waals surface area contributed by atoms with Gasteiger partial charge in [0, 0.05) is 31.7 Å². The van der Waals surface area contributed by atoms with Crippen molar-refractivity contribution in [2.24, 2.45) is 5.92 Å². The number of benzene rings is 1. The van der Waals surface area contributed by atoms with E-state index < -0.39 is 0 Å². The van der Waals surface area contributed by atoms with Crippen LogP contribution >= 0.6 is 11.6 Å². The van der Waals surface area contributed by atoms with Crippen molar-refractivity contribution in [3.63, 3.8) is 0 Å². The van der Waals surface area contributed by atoms with E-state index in [0.717, 1.165) is 30.1 Å². The highest BCUT2D eigenvalue weighted by molar-refractivity contribution is 6.30. The van der Waals surface area contributed by atoms with Crippen molar-refractivity contribution in [3.8, 4) is 0 Å². The number of hydrogen-bond acceptors (Lipinski definition) is 1. The second-order valence-electron chi connectivity index (χ2n) is 5.46.